The molecule has 4 N–H and O–H groups in total. The Morgan fingerprint density at radius 2 is 2.06 bits per heavy atom. The summed E-state index contributed by atoms with van der Waals surface area (Å²) in [4.78, 5) is 14.0. The molecule has 0 saturated heterocycles. The zero-order chi connectivity index (χ0) is 12.6. The molecule has 0 radical (unpaired) electrons. The first kappa shape index (κ1) is 11.5. The number of anilines is 1. The second kappa shape index (κ2) is 4.14. The molecule has 17 heavy (non-hydrogen) atoms. The van der Waals surface area contributed by atoms with Crippen molar-refractivity contribution in [2.75, 3.05) is 5.73 Å². The summed E-state index contributed by atoms with van der Waals surface area (Å²) in [5, 5.41) is 9.57. The standard InChI is InChI=1S/C12H11ClN2O2/c1-6-9(12(16)17)10(14)11(15-6)7-4-2-3-5-8(7)13/h2-5,15H,14H2,1H3,(H,16,17). The molecule has 88 valence electrons. The minimum Gasteiger partial charge on any atom is -0.478 e. The number of rotatable bonds is 2. The number of hydrogen-bond acceptors (Lipinski definition) is 2. The van der Waals surface area contributed by atoms with Crippen molar-refractivity contribution in [3.05, 3.63) is 40.5 Å². The fraction of sp³-hybridized carbons (Fsp3) is 0.0833. The van der Waals surface area contributed by atoms with E-state index in [1.165, 1.54) is 0 Å². The largest absolute Gasteiger partial charge is 0.478 e. The van der Waals surface area contributed by atoms with Crippen molar-refractivity contribution >= 4 is 23.3 Å². The molecule has 2 rings (SSSR count). The maximum atomic E-state index is 11.0. The van der Waals surface area contributed by atoms with Gasteiger partial charge in [-0.05, 0) is 13.0 Å². The summed E-state index contributed by atoms with van der Waals surface area (Å²) >= 11 is 6.05. The van der Waals surface area contributed by atoms with E-state index in [0.717, 1.165) is 0 Å². The van der Waals surface area contributed by atoms with Crippen molar-refractivity contribution in [2.24, 2.45) is 0 Å². The lowest BCUT2D eigenvalue weighted by molar-refractivity contribution is 0.0697. The van der Waals surface area contributed by atoms with E-state index in [-0.39, 0.29) is 11.3 Å². The highest BCUT2D eigenvalue weighted by atomic mass is 35.5. The van der Waals surface area contributed by atoms with Gasteiger partial charge in [-0.25, -0.2) is 4.79 Å². The quantitative estimate of drug-likeness (QED) is 0.767. The molecule has 0 bridgehead atoms. The van der Waals surface area contributed by atoms with E-state index in [9.17, 15) is 4.79 Å². The van der Waals surface area contributed by atoms with Crippen molar-refractivity contribution in [1.29, 1.82) is 0 Å². The number of halogens is 1. The van der Waals surface area contributed by atoms with Gasteiger partial charge in [-0.3, -0.25) is 0 Å². The van der Waals surface area contributed by atoms with Crippen LogP contribution in [0.3, 0.4) is 0 Å². The molecule has 0 fully saturated rings. The Balaban J connectivity index is 2.66. The third-order valence-corrected chi connectivity index (χ3v) is 2.91. The molecule has 1 aromatic carbocycles. The molecule has 5 heteroatoms. The molecule has 0 atom stereocenters. The molecule has 0 aliphatic rings. The Morgan fingerprint density at radius 1 is 1.41 bits per heavy atom. The van der Waals surface area contributed by atoms with Gasteiger partial charge in [-0.1, -0.05) is 29.8 Å². The van der Waals surface area contributed by atoms with Crippen LogP contribution in [-0.2, 0) is 0 Å². The highest BCUT2D eigenvalue weighted by Crippen LogP contribution is 2.34. The van der Waals surface area contributed by atoms with Crippen molar-refractivity contribution < 1.29 is 9.90 Å². The van der Waals surface area contributed by atoms with Gasteiger partial charge >= 0.3 is 5.97 Å². The topological polar surface area (TPSA) is 79.1 Å². The third-order valence-electron chi connectivity index (χ3n) is 2.58. The Hall–Kier alpha value is -1.94. The normalized spacial score (nSPS) is 10.5. The zero-order valence-corrected chi connectivity index (χ0v) is 9.88. The van der Waals surface area contributed by atoms with Gasteiger partial charge in [-0.15, -0.1) is 0 Å². The molecule has 4 nitrogen and oxygen atoms in total. The number of carbonyl (C=O) groups is 1. The lowest BCUT2D eigenvalue weighted by Gasteiger charge is -2.03. The van der Waals surface area contributed by atoms with Crippen LogP contribution in [0.1, 0.15) is 16.1 Å². The smallest absolute Gasteiger partial charge is 0.339 e. The van der Waals surface area contributed by atoms with Crippen LogP contribution in [0.4, 0.5) is 5.69 Å². The summed E-state index contributed by atoms with van der Waals surface area (Å²) in [5.74, 6) is -1.05. The number of aromatic amines is 1. The first-order valence-corrected chi connectivity index (χ1v) is 5.36. The van der Waals surface area contributed by atoms with Gasteiger partial charge in [0, 0.05) is 16.3 Å². The molecule has 0 aliphatic heterocycles. The maximum Gasteiger partial charge on any atom is 0.339 e. The maximum absolute atomic E-state index is 11.0. The van der Waals surface area contributed by atoms with E-state index >= 15 is 0 Å². The molecule has 0 aliphatic carbocycles. The van der Waals surface area contributed by atoms with Gasteiger partial charge < -0.3 is 15.8 Å². The molecule has 1 aromatic heterocycles. The molecule has 0 saturated carbocycles. The monoisotopic (exact) mass is 250 g/mol. The Morgan fingerprint density at radius 3 is 2.59 bits per heavy atom. The fourth-order valence-corrected chi connectivity index (χ4v) is 2.03. The number of aryl methyl sites for hydroxylation is 1. The number of hydrogen-bond donors (Lipinski definition) is 3. The van der Waals surface area contributed by atoms with Gasteiger partial charge in [0.1, 0.15) is 5.56 Å². The van der Waals surface area contributed by atoms with Gasteiger partial charge in [0.15, 0.2) is 0 Å². The van der Waals surface area contributed by atoms with Gasteiger partial charge in [0.25, 0.3) is 0 Å². The molecule has 2 aromatic rings. The number of aromatic nitrogens is 1. The van der Waals surface area contributed by atoms with E-state index in [0.29, 0.717) is 22.0 Å². The van der Waals surface area contributed by atoms with Gasteiger partial charge in [-0.2, -0.15) is 0 Å². The fourth-order valence-electron chi connectivity index (χ4n) is 1.80. The molecule has 0 unspecified atom stereocenters. The summed E-state index contributed by atoms with van der Waals surface area (Å²) in [5.41, 5.74) is 7.91. The van der Waals surface area contributed by atoms with Crippen molar-refractivity contribution in [2.45, 2.75) is 6.92 Å². The lowest BCUT2D eigenvalue weighted by Crippen LogP contribution is -2.01. The van der Waals surface area contributed by atoms with Crippen LogP contribution in [0.15, 0.2) is 24.3 Å². The average molecular weight is 251 g/mol. The lowest BCUT2D eigenvalue weighted by atomic mass is 10.1. The minimum atomic E-state index is -1.05. The summed E-state index contributed by atoms with van der Waals surface area (Å²) in [7, 11) is 0. The van der Waals surface area contributed by atoms with Crippen molar-refractivity contribution in [3.8, 4) is 11.3 Å². The minimum absolute atomic E-state index is 0.0971. The zero-order valence-electron chi connectivity index (χ0n) is 9.12. The number of H-pyrrole nitrogens is 1. The molecular weight excluding hydrogens is 240 g/mol. The highest BCUT2D eigenvalue weighted by Gasteiger charge is 2.20. The van der Waals surface area contributed by atoms with E-state index in [1.54, 1.807) is 25.1 Å². The molecule has 0 spiro atoms. The van der Waals surface area contributed by atoms with Gasteiger partial charge in [0.05, 0.1) is 11.4 Å². The Labute approximate surface area is 103 Å². The summed E-state index contributed by atoms with van der Waals surface area (Å²) < 4.78 is 0. The van der Waals surface area contributed by atoms with Crippen LogP contribution in [0.2, 0.25) is 5.02 Å². The molecule has 1 heterocycles. The second-order valence-electron chi connectivity index (χ2n) is 3.70. The predicted molar refractivity (Wildman–Crippen MR) is 67.3 cm³/mol. The highest BCUT2D eigenvalue weighted by molar-refractivity contribution is 6.33. The number of carboxylic acids is 1. The first-order chi connectivity index (χ1) is 8.02. The molecule has 0 amide bonds. The van der Waals surface area contributed by atoms with Crippen LogP contribution in [0, 0.1) is 6.92 Å². The van der Waals surface area contributed by atoms with Crippen LogP contribution in [0.5, 0.6) is 0 Å². The van der Waals surface area contributed by atoms with Crippen molar-refractivity contribution in [3.63, 3.8) is 0 Å². The number of nitrogens with one attached hydrogen (secondary N) is 1. The number of carboxylic acid groups (broad SMARTS) is 1. The van der Waals surface area contributed by atoms with Crippen molar-refractivity contribution in [1.82, 2.24) is 4.98 Å². The van der Waals surface area contributed by atoms with Crippen LogP contribution >= 0.6 is 11.6 Å². The third kappa shape index (κ3) is 1.87. The summed E-state index contributed by atoms with van der Waals surface area (Å²) in [6, 6.07) is 7.13. The SMILES string of the molecule is Cc1[nH]c(-c2ccccc2Cl)c(N)c1C(=O)O. The number of aromatic carboxylic acids is 1. The van der Waals surface area contributed by atoms with E-state index in [4.69, 9.17) is 22.4 Å². The Bertz CT molecular complexity index is 590. The second-order valence-corrected chi connectivity index (χ2v) is 4.11. The van der Waals surface area contributed by atoms with Gasteiger partial charge in [0.2, 0.25) is 0 Å². The number of nitrogens with two attached hydrogens (primary N) is 1. The summed E-state index contributed by atoms with van der Waals surface area (Å²) in [6.45, 7) is 1.67. The number of nitrogen functional groups attached to an aromatic ring is 1. The summed E-state index contributed by atoms with van der Waals surface area (Å²) in [6.07, 6.45) is 0. The van der Waals surface area contributed by atoms with E-state index < -0.39 is 5.97 Å². The van der Waals surface area contributed by atoms with Crippen LogP contribution in [-0.4, -0.2) is 16.1 Å². The van der Waals surface area contributed by atoms with Crippen LogP contribution in [0.25, 0.3) is 11.3 Å². The van der Waals surface area contributed by atoms with Crippen LogP contribution < -0.4 is 5.73 Å². The predicted octanol–water partition coefficient (Wildman–Crippen LogP) is 2.92. The Kier molecular flexibility index (Phi) is 2.81. The van der Waals surface area contributed by atoms with E-state index in [1.807, 2.05) is 6.07 Å². The number of benzene rings is 1. The molecular formula is C12H11ClN2O2. The van der Waals surface area contributed by atoms with E-state index in [2.05, 4.69) is 4.98 Å². The first-order valence-electron chi connectivity index (χ1n) is 4.98. The average Bonchev–Trinajstić information content (AvgIpc) is 2.55.